The summed E-state index contributed by atoms with van der Waals surface area (Å²) in [5.74, 6) is -0.125. The molecular weight excluding hydrogens is 340 g/mol. The Morgan fingerprint density at radius 1 is 1.28 bits per heavy atom. The molecule has 1 N–H and O–H groups in total. The second-order valence-corrected chi connectivity index (χ2v) is 9.35. The van der Waals surface area contributed by atoms with Gasteiger partial charge < -0.3 is 10.1 Å². The monoisotopic (exact) mass is 366 g/mol. The van der Waals surface area contributed by atoms with Gasteiger partial charge in [-0.05, 0) is 17.9 Å². The summed E-state index contributed by atoms with van der Waals surface area (Å²) in [6.45, 7) is 4.89. The lowest BCUT2D eigenvalue weighted by Gasteiger charge is -2.32. The molecule has 3 atom stereocenters. The first-order chi connectivity index (χ1) is 11.8. The molecule has 1 amide bonds. The molecule has 0 aliphatic carbocycles. The normalized spacial score (nSPS) is 26.8. The summed E-state index contributed by atoms with van der Waals surface area (Å²) < 4.78 is 32.3. The summed E-state index contributed by atoms with van der Waals surface area (Å²) in [7, 11) is -3.29. The van der Waals surface area contributed by atoms with E-state index in [4.69, 9.17) is 4.74 Å². The van der Waals surface area contributed by atoms with Crippen molar-refractivity contribution in [2.75, 3.05) is 18.8 Å². The maximum absolute atomic E-state index is 12.5. The maximum Gasteiger partial charge on any atom is 0.226 e. The standard InChI is InChI=1S/C18H26N2O4S/c1-13(2)12-25(22,23)20-10-15-8-16(17(11-20)24-15)18(21)19-9-14-6-4-3-5-7-14/h3-7,13,15-17H,8-12H2,1-2H3,(H,19,21)/t15-,16+,17-/m1/s1. The van der Waals surface area contributed by atoms with Crippen molar-refractivity contribution in [3.63, 3.8) is 0 Å². The van der Waals surface area contributed by atoms with Crippen LogP contribution in [0.3, 0.4) is 0 Å². The van der Waals surface area contributed by atoms with Crippen molar-refractivity contribution in [2.24, 2.45) is 11.8 Å². The molecule has 0 aromatic heterocycles. The van der Waals surface area contributed by atoms with Gasteiger partial charge in [-0.15, -0.1) is 0 Å². The molecule has 25 heavy (non-hydrogen) atoms. The lowest BCUT2D eigenvalue weighted by atomic mass is 9.99. The van der Waals surface area contributed by atoms with Gasteiger partial charge >= 0.3 is 0 Å². The highest BCUT2D eigenvalue weighted by atomic mass is 32.2. The number of hydrogen-bond acceptors (Lipinski definition) is 4. The largest absolute Gasteiger partial charge is 0.371 e. The molecule has 2 fully saturated rings. The number of fused-ring (bicyclic) bond motifs is 2. The first-order valence-electron chi connectivity index (χ1n) is 8.80. The summed E-state index contributed by atoms with van der Waals surface area (Å²) in [4.78, 5) is 12.5. The van der Waals surface area contributed by atoms with Gasteiger partial charge in [-0.25, -0.2) is 8.42 Å². The van der Waals surface area contributed by atoms with Crippen LogP contribution in [-0.2, 0) is 26.1 Å². The molecule has 0 radical (unpaired) electrons. The van der Waals surface area contributed by atoms with Gasteiger partial charge in [0, 0.05) is 19.6 Å². The van der Waals surface area contributed by atoms with Gasteiger partial charge in [0.2, 0.25) is 15.9 Å². The van der Waals surface area contributed by atoms with Crippen LogP contribution in [-0.4, -0.2) is 49.7 Å². The molecule has 138 valence electrons. The van der Waals surface area contributed by atoms with Gasteiger partial charge in [-0.3, -0.25) is 4.79 Å². The highest BCUT2D eigenvalue weighted by Gasteiger charge is 2.47. The Labute approximate surface area is 149 Å². The molecular formula is C18H26N2O4S. The topological polar surface area (TPSA) is 75.7 Å². The van der Waals surface area contributed by atoms with E-state index >= 15 is 0 Å². The molecule has 1 aromatic carbocycles. The van der Waals surface area contributed by atoms with E-state index in [9.17, 15) is 13.2 Å². The quantitative estimate of drug-likeness (QED) is 0.825. The second kappa shape index (κ2) is 7.43. The summed E-state index contributed by atoms with van der Waals surface area (Å²) in [5, 5.41) is 2.95. The minimum Gasteiger partial charge on any atom is -0.371 e. The number of nitrogens with zero attached hydrogens (tertiary/aromatic N) is 1. The number of carbonyl (C=O) groups is 1. The van der Waals surface area contributed by atoms with Crippen LogP contribution >= 0.6 is 0 Å². The Bertz CT molecular complexity index is 705. The Hall–Kier alpha value is -1.44. The van der Waals surface area contributed by atoms with E-state index in [1.165, 1.54) is 4.31 Å². The van der Waals surface area contributed by atoms with E-state index in [1.54, 1.807) is 0 Å². The van der Waals surface area contributed by atoms with Gasteiger partial charge in [-0.1, -0.05) is 44.2 Å². The molecule has 2 saturated heterocycles. The Balaban J connectivity index is 1.60. The summed E-state index contributed by atoms with van der Waals surface area (Å²) in [5.41, 5.74) is 1.04. The third kappa shape index (κ3) is 4.40. The van der Waals surface area contributed by atoms with Gasteiger partial charge in [0.15, 0.2) is 0 Å². The van der Waals surface area contributed by atoms with Crippen LogP contribution in [0.1, 0.15) is 25.8 Å². The Morgan fingerprint density at radius 3 is 2.68 bits per heavy atom. The number of carbonyl (C=O) groups excluding carboxylic acids is 1. The number of sulfonamides is 1. The van der Waals surface area contributed by atoms with Crippen molar-refractivity contribution in [3.05, 3.63) is 35.9 Å². The van der Waals surface area contributed by atoms with E-state index in [2.05, 4.69) is 5.32 Å². The smallest absolute Gasteiger partial charge is 0.226 e. The molecule has 1 aromatic rings. The molecule has 6 nitrogen and oxygen atoms in total. The first kappa shape index (κ1) is 18.4. The van der Waals surface area contributed by atoms with Crippen LogP contribution < -0.4 is 5.32 Å². The predicted octanol–water partition coefficient (Wildman–Crippen LogP) is 1.38. The SMILES string of the molecule is CC(C)CS(=O)(=O)N1C[C@H]2C[C@H](C(=O)NCc3ccccc3)[C@@H](C1)O2. The van der Waals surface area contributed by atoms with Crippen LogP contribution in [0.4, 0.5) is 0 Å². The van der Waals surface area contributed by atoms with E-state index < -0.39 is 10.0 Å². The van der Waals surface area contributed by atoms with Crippen LogP contribution in [0.5, 0.6) is 0 Å². The van der Waals surface area contributed by atoms with Gasteiger partial charge in [0.25, 0.3) is 0 Å². The number of morpholine rings is 1. The third-order valence-corrected chi connectivity index (χ3v) is 6.88. The molecule has 7 heteroatoms. The minimum absolute atomic E-state index is 0.0561. The average Bonchev–Trinajstić information content (AvgIpc) is 2.86. The van der Waals surface area contributed by atoms with E-state index in [-0.39, 0.29) is 42.2 Å². The fraction of sp³-hybridized carbons (Fsp3) is 0.611. The first-order valence-corrected chi connectivity index (χ1v) is 10.4. The summed E-state index contributed by atoms with van der Waals surface area (Å²) in [6, 6.07) is 9.73. The maximum atomic E-state index is 12.5. The highest BCUT2D eigenvalue weighted by molar-refractivity contribution is 7.89. The van der Waals surface area contributed by atoms with Crippen molar-refractivity contribution >= 4 is 15.9 Å². The van der Waals surface area contributed by atoms with Gasteiger partial charge in [-0.2, -0.15) is 4.31 Å². The zero-order valence-electron chi connectivity index (χ0n) is 14.7. The van der Waals surface area contributed by atoms with E-state index in [0.717, 1.165) is 5.56 Å². The Morgan fingerprint density at radius 2 is 2.00 bits per heavy atom. The molecule has 2 bridgehead atoms. The number of benzene rings is 1. The van der Waals surface area contributed by atoms with E-state index in [1.807, 2.05) is 44.2 Å². The van der Waals surface area contributed by atoms with Crippen LogP contribution in [0.2, 0.25) is 0 Å². The molecule has 0 spiro atoms. The zero-order chi connectivity index (χ0) is 18.0. The molecule has 2 aliphatic heterocycles. The predicted molar refractivity (Wildman–Crippen MR) is 95.3 cm³/mol. The number of hydrogen-bond donors (Lipinski definition) is 1. The van der Waals surface area contributed by atoms with Crippen molar-refractivity contribution in [3.8, 4) is 0 Å². The molecule has 0 unspecified atom stereocenters. The molecule has 3 rings (SSSR count). The number of nitrogens with one attached hydrogen (secondary N) is 1. The van der Waals surface area contributed by atoms with Crippen LogP contribution in [0.25, 0.3) is 0 Å². The van der Waals surface area contributed by atoms with Crippen molar-refractivity contribution < 1.29 is 17.9 Å². The highest BCUT2D eigenvalue weighted by Crippen LogP contribution is 2.33. The zero-order valence-corrected chi connectivity index (χ0v) is 15.5. The summed E-state index contributed by atoms with van der Waals surface area (Å²) >= 11 is 0. The van der Waals surface area contributed by atoms with E-state index in [0.29, 0.717) is 19.5 Å². The van der Waals surface area contributed by atoms with Gasteiger partial charge in [0.05, 0.1) is 23.9 Å². The molecule has 2 aliphatic rings. The number of ether oxygens (including phenoxy) is 1. The molecule has 0 saturated carbocycles. The summed E-state index contributed by atoms with van der Waals surface area (Å²) in [6.07, 6.45) is 0.0449. The Kier molecular flexibility index (Phi) is 5.46. The lowest BCUT2D eigenvalue weighted by Crippen LogP contribution is -2.48. The van der Waals surface area contributed by atoms with Gasteiger partial charge in [0.1, 0.15) is 0 Å². The van der Waals surface area contributed by atoms with Crippen molar-refractivity contribution in [2.45, 2.75) is 39.0 Å². The fourth-order valence-electron chi connectivity index (χ4n) is 3.57. The van der Waals surface area contributed by atoms with Crippen molar-refractivity contribution in [1.29, 1.82) is 0 Å². The number of amides is 1. The minimum atomic E-state index is -3.29. The lowest BCUT2D eigenvalue weighted by molar-refractivity contribution is -0.127. The fourth-order valence-corrected chi connectivity index (χ4v) is 5.39. The molecule has 2 heterocycles. The third-order valence-electron chi connectivity index (χ3n) is 4.71. The average molecular weight is 366 g/mol. The van der Waals surface area contributed by atoms with Crippen LogP contribution in [0, 0.1) is 11.8 Å². The second-order valence-electron chi connectivity index (χ2n) is 7.33. The van der Waals surface area contributed by atoms with Crippen LogP contribution in [0.15, 0.2) is 30.3 Å². The number of rotatable bonds is 6. The van der Waals surface area contributed by atoms with Crippen molar-refractivity contribution in [1.82, 2.24) is 9.62 Å².